The summed E-state index contributed by atoms with van der Waals surface area (Å²) in [6, 6.07) is 11.5. The van der Waals surface area contributed by atoms with E-state index in [2.05, 4.69) is 4.98 Å². The maximum atomic E-state index is 12.3. The van der Waals surface area contributed by atoms with E-state index in [9.17, 15) is 13.2 Å². The lowest BCUT2D eigenvalue weighted by Gasteiger charge is -2.02. The largest absolute Gasteiger partial charge is 0.478 e. The van der Waals surface area contributed by atoms with Gasteiger partial charge in [-0.15, -0.1) is 0 Å². The molecular formula is C15H10N2O4S. The lowest BCUT2D eigenvalue weighted by Crippen LogP contribution is -2.05. The van der Waals surface area contributed by atoms with Gasteiger partial charge in [0.2, 0.25) is 9.84 Å². The maximum absolute atomic E-state index is 12.3. The molecule has 0 unspecified atom stereocenters. The molecule has 0 bridgehead atoms. The van der Waals surface area contributed by atoms with Gasteiger partial charge >= 0.3 is 5.97 Å². The summed E-state index contributed by atoms with van der Waals surface area (Å²) in [5.74, 6) is -1.09. The van der Waals surface area contributed by atoms with Crippen LogP contribution in [0.15, 0.2) is 58.6 Å². The van der Waals surface area contributed by atoms with Gasteiger partial charge in [-0.1, -0.05) is 18.2 Å². The van der Waals surface area contributed by atoms with Crippen molar-refractivity contribution >= 4 is 21.9 Å². The van der Waals surface area contributed by atoms with Crippen LogP contribution in [0.5, 0.6) is 0 Å². The Balaban J connectivity index is 2.44. The van der Waals surface area contributed by atoms with Gasteiger partial charge in [-0.25, -0.2) is 18.2 Å². The fourth-order valence-electron chi connectivity index (χ4n) is 1.66. The van der Waals surface area contributed by atoms with Crippen LogP contribution in [-0.2, 0) is 9.84 Å². The number of nitriles is 1. The van der Waals surface area contributed by atoms with Crippen molar-refractivity contribution in [3.05, 3.63) is 64.7 Å². The molecule has 0 fully saturated rings. The number of nitrogens with zero attached hydrogens (tertiary/aromatic N) is 2. The number of carboxylic acid groups (broad SMARTS) is 1. The first-order valence-electron chi connectivity index (χ1n) is 6.06. The van der Waals surface area contributed by atoms with Gasteiger partial charge in [0.1, 0.15) is 6.07 Å². The highest BCUT2D eigenvalue weighted by Gasteiger charge is 2.21. The fraction of sp³-hybridized carbons (Fsp3) is 0. The summed E-state index contributed by atoms with van der Waals surface area (Å²) in [4.78, 5) is 14.0. The number of carboxylic acids is 1. The summed E-state index contributed by atoms with van der Waals surface area (Å²) in [5.41, 5.74) is 0.476. The Morgan fingerprint density at radius 2 is 1.86 bits per heavy atom. The van der Waals surface area contributed by atoms with Crippen molar-refractivity contribution in [1.82, 2.24) is 4.98 Å². The molecule has 1 heterocycles. The normalized spacial score (nSPS) is 11.7. The minimum absolute atomic E-state index is 0.0724. The average molecular weight is 314 g/mol. The molecule has 0 spiro atoms. The minimum Gasteiger partial charge on any atom is -0.478 e. The van der Waals surface area contributed by atoms with Crippen molar-refractivity contribution in [3.63, 3.8) is 0 Å². The van der Waals surface area contributed by atoms with E-state index in [-0.39, 0.29) is 10.6 Å². The second-order valence-electron chi connectivity index (χ2n) is 4.22. The number of aromatic nitrogens is 1. The molecule has 0 aliphatic rings. The maximum Gasteiger partial charge on any atom is 0.335 e. The molecule has 110 valence electrons. The van der Waals surface area contributed by atoms with Crippen LogP contribution in [0.2, 0.25) is 0 Å². The molecule has 0 radical (unpaired) electrons. The van der Waals surface area contributed by atoms with Gasteiger partial charge < -0.3 is 5.11 Å². The van der Waals surface area contributed by atoms with E-state index in [1.54, 1.807) is 12.1 Å². The van der Waals surface area contributed by atoms with Crippen molar-refractivity contribution in [2.24, 2.45) is 0 Å². The van der Waals surface area contributed by atoms with Crippen LogP contribution < -0.4 is 0 Å². The zero-order valence-corrected chi connectivity index (χ0v) is 12.0. The molecule has 2 rings (SSSR count). The number of aromatic carboxylic acids is 1. The molecule has 0 saturated carbocycles. The zero-order valence-electron chi connectivity index (χ0n) is 11.2. The van der Waals surface area contributed by atoms with Crippen molar-refractivity contribution in [1.29, 1.82) is 5.26 Å². The molecule has 7 heteroatoms. The summed E-state index contributed by atoms with van der Waals surface area (Å²) in [6.45, 7) is 0. The average Bonchev–Trinajstić information content (AvgIpc) is 2.53. The minimum atomic E-state index is -4.00. The summed E-state index contributed by atoms with van der Waals surface area (Å²) in [7, 11) is -4.00. The summed E-state index contributed by atoms with van der Waals surface area (Å²) in [6.07, 6.45) is 2.50. The number of hydrogen-bond donors (Lipinski definition) is 1. The third-order valence-corrected chi connectivity index (χ3v) is 4.35. The number of hydrogen-bond acceptors (Lipinski definition) is 5. The molecule has 2 aromatic rings. The number of allylic oxidation sites excluding steroid dienone is 1. The van der Waals surface area contributed by atoms with Crippen molar-refractivity contribution in [2.45, 2.75) is 5.03 Å². The third kappa shape index (κ3) is 3.19. The number of benzene rings is 1. The molecule has 0 aliphatic heterocycles. The smallest absolute Gasteiger partial charge is 0.335 e. The zero-order chi connectivity index (χ0) is 16.2. The van der Waals surface area contributed by atoms with Crippen molar-refractivity contribution < 1.29 is 18.3 Å². The summed E-state index contributed by atoms with van der Waals surface area (Å²) >= 11 is 0. The monoisotopic (exact) mass is 314 g/mol. The second-order valence-corrected chi connectivity index (χ2v) is 6.08. The number of rotatable bonds is 4. The molecule has 22 heavy (non-hydrogen) atoms. The van der Waals surface area contributed by atoms with Crippen molar-refractivity contribution in [2.75, 3.05) is 0 Å². The number of sulfone groups is 1. The van der Waals surface area contributed by atoms with Gasteiger partial charge in [-0.2, -0.15) is 5.26 Å². The predicted octanol–water partition coefficient (Wildman–Crippen LogP) is 2.12. The Labute approximate surface area is 126 Å². The summed E-state index contributed by atoms with van der Waals surface area (Å²) < 4.78 is 24.6. The molecule has 6 nitrogen and oxygen atoms in total. The Morgan fingerprint density at radius 3 is 2.36 bits per heavy atom. The SMILES string of the molecule is N#C/C(=C\c1ccc(C(=O)O)cc1)S(=O)(=O)c1ccccn1. The molecule has 0 aliphatic carbocycles. The van der Waals surface area contributed by atoms with E-state index >= 15 is 0 Å². The highest BCUT2D eigenvalue weighted by Crippen LogP contribution is 2.19. The molecule has 0 amide bonds. The van der Waals surface area contributed by atoms with Gasteiger partial charge in [-0.3, -0.25) is 0 Å². The van der Waals surface area contributed by atoms with Gasteiger partial charge in [-0.05, 0) is 35.9 Å². The van der Waals surface area contributed by atoms with Crippen LogP contribution in [0.4, 0.5) is 0 Å². The summed E-state index contributed by atoms with van der Waals surface area (Å²) in [5, 5.41) is 17.7. The Morgan fingerprint density at radius 1 is 1.18 bits per heavy atom. The van der Waals surface area contributed by atoms with Crippen LogP contribution in [0, 0.1) is 11.3 Å². The third-order valence-electron chi connectivity index (χ3n) is 2.77. The second kappa shape index (κ2) is 6.20. The van der Waals surface area contributed by atoms with Crippen LogP contribution in [0.25, 0.3) is 6.08 Å². The van der Waals surface area contributed by atoms with Crippen molar-refractivity contribution in [3.8, 4) is 6.07 Å². The molecule has 1 N–H and O–H groups in total. The first-order valence-corrected chi connectivity index (χ1v) is 7.55. The molecule has 1 aromatic heterocycles. The van der Waals surface area contributed by atoms with Crippen LogP contribution in [0.3, 0.4) is 0 Å². The van der Waals surface area contributed by atoms with Gasteiger partial charge in [0.15, 0.2) is 9.93 Å². The topological polar surface area (TPSA) is 108 Å². The molecular weight excluding hydrogens is 304 g/mol. The van der Waals surface area contributed by atoms with Gasteiger partial charge in [0.05, 0.1) is 5.56 Å². The van der Waals surface area contributed by atoms with E-state index in [4.69, 9.17) is 10.4 Å². The van der Waals surface area contributed by atoms with Crippen LogP contribution in [-0.4, -0.2) is 24.5 Å². The quantitative estimate of drug-likeness (QED) is 0.866. The number of pyridine rings is 1. The van der Waals surface area contributed by atoms with Crippen LogP contribution >= 0.6 is 0 Å². The first kappa shape index (κ1) is 15.4. The Kier molecular flexibility index (Phi) is 4.34. The van der Waals surface area contributed by atoms with E-state index < -0.39 is 20.7 Å². The Hall–Kier alpha value is -2.98. The lowest BCUT2D eigenvalue weighted by atomic mass is 10.1. The first-order chi connectivity index (χ1) is 10.4. The van der Waals surface area contributed by atoms with E-state index in [0.29, 0.717) is 5.56 Å². The van der Waals surface area contributed by atoms with Gasteiger partial charge in [0.25, 0.3) is 0 Å². The highest BCUT2D eigenvalue weighted by atomic mass is 32.2. The van der Waals surface area contributed by atoms with E-state index in [1.165, 1.54) is 48.7 Å². The molecule has 0 atom stereocenters. The van der Waals surface area contributed by atoms with E-state index in [0.717, 1.165) is 0 Å². The fourth-order valence-corrected chi connectivity index (χ4v) is 2.76. The number of carbonyl (C=O) groups is 1. The van der Waals surface area contributed by atoms with Gasteiger partial charge in [0, 0.05) is 6.20 Å². The lowest BCUT2D eigenvalue weighted by molar-refractivity contribution is 0.0697. The molecule has 1 aromatic carbocycles. The predicted molar refractivity (Wildman–Crippen MR) is 78.4 cm³/mol. The Bertz CT molecular complexity index is 864. The van der Waals surface area contributed by atoms with E-state index in [1.807, 2.05) is 0 Å². The molecule has 0 saturated heterocycles. The standard InChI is InChI=1S/C15H10N2O4S/c16-10-13(22(20,21)14-3-1-2-8-17-14)9-11-4-6-12(7-5-11)15(18)19/h1-9H,(H,18,19)/b13-9+. The highest BCUT2D eigenvalue weighted by molar-refractivity contribution is 7.95. The van der Waals surface area contributed by atoms with Crippen LogP contribution in [0.1, 0.15) is 15.9 Å².